The molecular weight excluding hydrogens is 270 g/mol. The van der Waals surface area contributed by atoms with E-state index in [2.05, 4.69) is 37.2 Å². The zero-order valence-electron chi connectivity index (χ0n) is 12.0. The van der Waals surface area contributed by atoms with E-state index in [9.17, 15) is 5.11 Å². The van der Waals surface area contributed by atoms with E-state index in [-0.39, 0.29) is 5.75 Å². The van der Waals surface area contributed by atoms with Crippen molar-refractivity contribution >= 4 is 11.8 Å². The van der Waals surface area contributed by atoms with Gasteiger partial charge in [0.05, 0.1) is 7.11 Å². The first-order chi connectivity index (χ1) is 9.60. The number of hydrogen-bond acceptors (Lipinski definition) is 4. The molecule has 0 spiro atoms. The van der Waals surface area contributed by atoms with E-state index in [4.69, 9.17) is 4.74 Å². The van der Waals surface area contributed by atoms with Gasteiger partial charge in [0, 0.05) is 16.3 Å². The first-order valence-corrected chi connectivity index (χ1v) is 7.19. The number of ether oxygens (including phenoxy) is 1. The molecule has 0 aliphatic carbocycles. The molecule has 0 saturated carbocycles. The minimum atomic E-state index is 0.165. The maximum absolute atomic E-state index is 9.63. The van der Waals surface area contributed by atoms with Crippen molar-refractivity contribution in [3.63, 3.8) is 0 Å². The zero-order valence-corrected chi connectivity index (χ0v) is 12.8. The molecular formula is C16H19NO2S. The van der Waals surface area contributed by atoms with Crippen molar-refractivity contribution in [1.82, 2.24) is 4.90 Å². The number of hydrogen-bond donors (Lipinski definition) is 1. The van der Waals surface area contributed by atoms with E-state index in [0.29, 0.717) is 5.75 Å². The van der Waals surface area contributed by atoms with Crippen LogP contribution in [0.15, 0.2) is 52.3 Å². The van der Waals surface area contributed by atoms with Crippen LogP contribution in [0.3, 0.4) is 0 Å². The second-order valence-corrected chi connectivity index (χ2v) is 5.90. The van der Waals surface area contributed by atoms with Crippen LogP contribution >= 0.6 is 11.8 Å². The van der Waals surface area contributed by atoms with Crippen LogP contribution in [0.5, 0.6) is 11.5 Å². The molecule has 0 aliphatic rings. The Hall–Kier alpha value is -1.65. The van der Waals surface area contributed by atoms with Crippen LogP contribution < -0.4 is 4.74 Å². The quantitative estimate of drug-likeness (QED) is 0.911. The van der Waals surface area contributed by atoms with E-state index in [1.54, 1.807) is 24.9 Å². The van der Waals surface area contributed by atoms with Crippen molar-refractivity contribution in [1.29, 1.82) is 0 Å². The Morgan fingerprint density at radius 2 is 1.90 bits per heavy atom. The summed E-state index contributed by atoms with van der Waals surface area (Å²) >= 11 is 1.68. The van der Waals surface area contributed by atoms with Crippen molar-refractivity contribution in [3.05, 3.63) is 48.0 Å². The van der Waals surface area contributed by atoms with Gasteiger partial charge < -0.3 is 14.7 Å². The highest BCUT2D eigenvalue weighted by molar-refractivity contribution is 7.99. The van der Waals surface area contributed by atoms with Crippen molar-refractivity contribution in [3.8, 4) is 11.5 Å². The molecule has 2 rings (SSSR count). The van der Waals surface area contributed by atoms with E-state index in [0.717, 1.165) is 11.4 Å². The summed E-state index contributed by atoms with van der Waals surface area (Å²) in [6.07, 6.45) is 0. The summed E-state index contributed by atoms with van der Waals surface area (Å²) in [6.45, 7) is 0.901. The number of rotatable bonds is 5. The van der Waals surface area contributed by atoms with E-state index < -0.39 is 0 Å². The molecule has 0 atom stereocenters. The summed E-state index contributed by atoms with van der Waals surface area (Å²) in [4.78, 5) is 4.41. The number of benzene rings is 2. The fourth-order valence-electron chi connectivity index (χ4n) is 1.92. The van der Waals surface area contributed by atoms with Crippen LogP contribution in [0.1, 0.15) is 5.56 Å². The minimum Gasteiger partial charge on any atom is -0.504 e. The highest BCUT2D eigenvalue weighted by Crippen LogP contribution is 2.36. The molecule has 1 N–H and O–H groups in total. The highest BCUT2D eigenvalue weighted by atomic mass is 32.2. The molecule has 2 aromatic carbocycles. The van der Waals surface area contributed by atoms with Gasteiger partial charge in [0.1, 0.15) is 0 Å². The van der Waals surface area contributed by atoms with Gasteiger partial charge in [-0.3, -0.25) is 0 Å². The lowest BCUT2D eigenvalue weighted by Gasteiger charge is -2.14. The number of phenolic OH excluding ortho intramolecular Hbond substituents is 1. The van der Waals surface area contributed by atoms with Gasteiger partial charge >= 0.3 is 0 Å². The summed E-state index contributed by atoms with van der Waals surface area (Å²) in [6, 6.07) is 13.8. The molecule has 3 nitrogen and oxygen atoms in total. The fraction of sp³-hybridized carbons (Fsp3) is 0.250. The number of nitrogens with zero attached hydrogens (tertiary/aromatic N) is 1. The van der Waals surface area contributed by atoms with Gasteiger partial charge in [-0.15, -0.1) is 0 Å². The standard InChI is InChI=1S/C16H19NO2S/c1-17(2)11-12-6-4-5-7-16(12)20-13-8-9-14(18)15(10-13)19-3/h4-10,18H,11H2,1-3H3. The van der Waals surface area contributed by atoms with Gasteiger partial charge in [0.15, 0.2) is 11.5 Å². The summed E-state index contributed by atoms with van der Waals surface area (Å²) in [5, 5.41) is 9.63. The van der Waals surface area contributed by atoms with Crippen molar-refractivity contribution in [2.24, 2.45) is 0 Å². The normalized spacial score (nSPS) is 10.8. The lowest BCUT2D eigenvalue weighted by molar-refractivity contribution is 0.372. The Balaban J connectivity index is 2.25. The van der Waals surface area contributed by atoms with Gasteiger partial charge in [-0.2, -0.15) is 0 Å². The number of phenols is 1. The Morgan fingerprint density at radius 3 is 2.60 bits per heavy atom. The van der Waals surface area contributed by atoms with E-state index in [1.165, 1.54) is 10.5 Å². The molecule has 0 amide bonds. The summed E-state index contributed by atoms with van der Waals surface area (Å²) < 4.78 is 5.15. The van der Waals surface area contributed by atoms with Crippen molar-refractivity contribution in [2.75, 3.05) is 21.2 Å². The summed E-state index contributed by atoms with van der Waals surface area (Å²) in [5.41, 5.74) is 1.29. The third-order valence-electron chi connectivity index (χ3n) is 2.84. The van der Waals surface area contributed by atoms with E-state index in [1.807, 2.05) is 18.2 Å². The Bertz CT molecular complexity index is 584. The molecule has 0 bridgehead atoms. The molecule has 0 saturated heterocycles. The Morgan fingerprint density at radius 1 is 1.15 bits per heavy atom. The number of aromatic hydroxyl groups is 1. The molecule has 2 aromatic rings. The van der Waals surface area contributed by atoms with Gasteiger partial charge in [-0.1, -0.05) is 30.0 Å². The van der Waals surface area contributed by atoms with E-state index >= 15 is 0 Å². The van der Waals surface area contributed by atoms with Gasteiger partial charge in [0.25, 0.3) is 0 Å². The second kappa shape index (κ2) is 6.68. The van der Waals surface area contributed by atoms with Crippen molar-refractivity contribution < 1.29 is 9.84 Å². The van der Waals surface area contributed by atoms with Crippen LogP contribution in [-0.2, 0) is 6.54 Å². The first-order valence-electron chi connectivity index (χ1n) is 6.37. The molecule has 0 aromatic heterocycles. The summed E-state index contributed by atoms with van der Waals surface area (Å²) in [5.74, 6) is 0.665. The fourth-order valence-corrected chi connectivity index (χ4v) is 2.89. The maximum Gasteiger partial charge on any atom is 0.161 e. The monoisotopic (exact) mass is 289 g/mol. The van der Waals surface area contributed by atoms with Crippen LogP contribution in [0, 0.1) is 0 Å². The molecule has 0 aliphatic heterocycles. The molecule has 0 unspecified atom stereocenters. The summed E-state index contributed by atoms with van der Waals surface area (Å²) in [7, 11) is 5.68. The molecule has 4 heteroatoms. The van der Waals surface area contributed by atoms with Gasteiger partial charge in [0.2, 0.25) is 0 Å². The predicted molar refractivity (Wildman–Crippen MR) is 82.6 cm³/mol. The Labute approximate surface area is 124 Å². The topological polar surface area (TPSA) is 32.7 Å². The van der Waals surface area contributed by atoms with Crippen LogP contribution in [-0.4, -0.2) is 31.2 Å². The second-order valence-electron chi connectivity index (χ2n) is 4.78. The minimum absolute atomic E-state index is 0.165. The zero-order chi connectivity index (χ0) is 14.5. The van der Waals surface area contributed by atoms with Crippen LogP contribution in [0.2, 0.25) is 0 Å². The van der Waals surface area contributed by atoms with Gasteiger partial charge in [-0.25, -0.2) is 0 Å². The van der Waals surface area contributed by atoms with Gasteiger partial charge in [-0.05, 0) is 43.9 Å². The largest absolute Gasteiger partial charge is 0.504 e. The third kappa shape index (κ3) is 3.68. The molecule has 0 radical (unpaired) electrons. The third-order valence-corrected chi connectivity index (χ3v) is 3.95. The predicted octanol–water partition coefficient (Wildman–Crippen LogP) is 3.61. The highest BCUT2D eigenvalue weighted by Gasteiger charge is 2.07. The van der Waals surface area contributed by atoms with Crippen LogP contribution in [0.25, 0.3) is 0 Å². The SMILES string of the molecule is COc1cc(Sc2ccccc2CN(C)C)ccc1O. The average Bonchev–Trinajstić information content (AvgIpc) is 2.42. The van der Waals surface area contributed by atoms with Crippen molar-refractivity contribution in [2.45, 2.75) is 16.3 Å². The first kappa shape index (κ1) is 14.8. The number of methoxy groups -OCH3 is 1. The molecule has 106 valence electrons. The van der Waals surface area contributed by atoms with Crippen LogP contribution in [0.4, 0.5) is 0 Å². The molecule has 0 heterocycles. The lowest BCUT2D eigenvalue weighted by atomic mass is 10.2. The molecule has 0 fully saturated rings. The maximum atomic E-state index is 9.63. The molecule has 20 heavy (non-hydrogen) atoms. The average molecular weight is 289 g/mol. The Kier molecular flexibility index (Phi) is 4.93. The smallest absolute Gasteiger partial charge is 0.161 e. The lowest BCUT2D eigenvalue weighted by Crippen LogP contribution is -2.11.